The molecule has 2 heterocycles. The van der Waals surface area contributed by atoms with Crippen molar-refractivity contribution in [1.29, 1.82) is 0 Å². The predicted molar refractivity (Wildman–Crippen MR) is 83.2 cm³/mol. The Bertz CT molecular complexity index is 490. The molecule has 2 fully saturated rings. The predicted octanol–water partition coefficient (Wildman–Crippen LogP) is 3.21. The second-order valence-corrected chi connectivity index (χ2v) is 6.30. The second kappa shape index (κ2) is 6.34. The number of nitrogens with zero attached hydrogens (tertiary/aromatic N) is 1. The summed E-state index contributed by atoms with van der Waals surface area (Å²) < 4.78 is 12.6. The van der Waals surface area contributed by atoms with E-state index in [4.69, 9.17) is 9.47 Å². The summed E-state index contributed by atoms with van der Waals surface area (Å²) in [5, 5.41) is 2.91. The van der Waals surface area contributed by atoms with Gasteiger partial charge in [0.15, 0.2) is 5.79 Å². The van der Waals surface area contributed by atoms with Crippen LogP contribution in [-0.2, 0) is 9.47 Å². The number of anilines is 1. The smallest absolute Gasteiger partial charge is 0.321 e. The van der Waals surface area contributed by atoms with Crippen LogP contribution in [-0.4, -0.2) is 43.0 Å². The molecule has 114 valence electrons. The number of hydrogen-bond donors (Lipinski definition) is 1. The molecule has 1 N–H and O–H groups in total. The van der Waals surface area contributed by atoms with E-state index in [2.05, 4.69) is 21.2 Å². The third kappa shape index (κ3) is 3.56. The van der Waals surface area contributed by atoms with Crippen LogP contribution < -0.4 is 5.32 Å². The molecule has 6 heteroatoms. The number of rotatable bonds is 1. The lowest BCUT2D eigenvalue weighted by Gasteiger charge is -2.43. The molecule has 1 spiro atoms. The average Bonchev–Trinajstić information content (AvgIpc) is 2.51. The van der Waals surface area contributed by atoms with E-state index in [1.165, 1.54) is 0 Å². The van der Waals surface area contributed by atoms with Crippen molar-refractivity contribution in [1.82, 2.24) is 4.90 Å². The van der Waals surface area contributed by atoms with Crippen molar-refractivity contribution in [3.05, 3.63) is 28.7 Å². The molecular formula is C15H19BrN2O3. The lowest BCUT2D eigenvalue weighted by Crippen LogP contribution is -2.52. The standard InChI is InChI=1S/C15H19BrN2O3/c16-12-2-4-13(5-3-12)17-14(19)18-8-6-15(7-9-18)20-10-1-11-21-15/h2-5H,1,6-11H2,(H,17,19). The number of ether oxygens (including phenoxy) is 2. The number of urea groups is 1. The van der Waals surface area contributed by atoms with Crippen LogP contribution in [0.15, 0.2) is 28.7 Å². The fourth-order valence-electron chi connectivity index (χ4n) is 2.69. The summed E-state index contributed by atoms with van der Waals surface area (Å²) in [6, 6.07) is 7.50. The number of carbonyl (C=O) groups excluding carboxylic acids is 1. The van der Waals surface area contributed by atoms with E-state index in [-0.39, 0.29) is 6.03 Å². The molecule has 5 nitrogen and oxygen atoms in total. The Morgan fingerprint density at radius 2 is 1.76 bits per heavy atom. The van der Waals surface area contributed by atoms with E-state index in [1.807, 2.05) is 29.2 Å². The molecule has 0 radical (unpaired) electrons. The first kappa shape index (κ1) is 14.8. The van der Waals surface area contributed by atoms with Gasteiger partial charge in [-0.3, -0.25) is 0 Å². The lowest BCUT2D eigenvalue weighted by atomic mass is 10.0. The van der Waals surface area contributed by atoms with Gasteiger partial charge in [0, 0.05) is 36.1 Å². The third-order valence-electron chi connectivity index (χ3n) is 3.93. The molecule has 3 rings (SSSR count). The molecule has 2 saturated heterocycles. The highest BCUT2D eigenvalue weighted by atomic mass is 79.9. The molecule has 0 aliphatic carbocycles. The normalized spacial score (nSPS) is 21.3. The van der Waals surface area contributed by atoms with Gasteiger partial charge in [0.25, 0.3) is 0 Å². The minimum absolute atomic E-state index is 0.0667. The third-order valence-corrected chi connectivity index (χ3v) is 4.46. The van der Waals surface area contributed by atoms with Crippen LogP contribution in [0.5, 0.6) is 0 Å². The van der Waals surface area contributed by atoms with Crippen molar-refractivity contribution in [2.24, 2.45) is 0 Å². The van der Waals surface area contributed by atoms with E-state index in [0.29, 0.717) is 13.1 Å². The zero-order chi connectivity index (χ0) is 14.7. The summed E-state index contributed by atoms with van der Waals surface area (Å²) in [5.74, 6) is -0.452. The molecule has 2 aliphatic heterocycles. The average molecular weight is 355 g/mol. The largest absolute Gasteiger partial charge is 0.350 e. The van der Waals surface area contributed by atoms with E-state index in [9.17, 15) is 4.79 Å². The molecule has 0 bridgehead atoms. The monoisotopic (exact) mass is 354 g/mol. The number of hydrogen-bond acceptors (Lipinski definition) is 3. The Labute approximate surface area is 132 Å². The minimum Gasteiger partial charge on any atom is -0.350 e. The first-order chi connectivity index (χ1) is 10.2. The molecule has 0 saturated carbocycles. The molecule has 0 aromatic heterocycles. The number of carbonyl (C=O) groups is 1. The number of halogens is 1. The van der Waals surface area contributed by atoms with Crippen molar-refractivity contribution >= 4 is 27.6 Å². The second-order valence-electron chi connectivity index (χ2n) is 5.39. The molecular weight excluding hydrogens is 336 g/mol. The Morgan fingerprint density at radius 3 is 2.38 bits per heavy atom. The van der Waals surface area contributed by atoms with Gasteiger partial charge in [-0.05, 0) is 30.7 Å². The topological polar surface area (TPSA) is 50.8 Å². The number of amides is 2. The van der Waals surface area contributed by atoms with Crippen LogP contribution in [0.25, 0.3) is 0 Å². The van der Waals surface area contributed by atoms with Crippen molar-refractivity contribution in [2.75, 3.05) is 31.6 Å². The van der Waals surface area contributed by atoms with Gasteiger partial charge in [-0.25, -0.2) is 4.79 Å². The van der Waals surface area contributed by atoms with Crippen LogP contribution in [0.3, 0.4) is 0 Å². The SMILES string of the molecule is O=C(Nc1ccc(Br)cc1)N1CCC2(CC1)OCCCO2. The summed E-state index contributed by atoms with van der Waals surface area (Å²) in [7, 11) is 0. The van der Waals surface area contributed by atoms with E-state index >= 15 is 0 Å². The van der Waals surface area contributed by atoms with E-state index in [0.717, 1.165) is 42.6 Å². The first-order valence-corrected chi connectivity index (χ1v) is 8.06. The molecule has 21 heavy (non-hydrogen) atoms. The molecule has 1 aromatic carbocycles. The van der Waals surface area contributed by atoms with Crippen molar-refractivity contribution in [2.45, 2.75) is 25.0 Å². The minimum atomic E-state index is -0.452. The maximum atomic E-state index is 12.2. The number of nitrogens with one attached hydrogen (secondary N) is 1. The summed E-state index contributed by atoms with van der Waals surface area (Å²) in [6.45, 7) is 2.82. The van der Waals surface area contributed by atoms with Crippen molar-refractivity contribution < 1.29 is 14.3 Å². The van der Waals surface area contributed by atoms with Crippen molar-refractivity contribution in [3.63, 3.8) is 0 Å². The van der Waals surface area contributed by atoms with Crippen LogP contribution in [0.1, 0.15) is 19.3 Å². The maximum absolute atomic E-state index is 12.2. The molecule has 0 unspecified atom stereocenters. The summed E-state index contributed by atoms with van der Waals surface area (Å²) in [4.78, 5) is 14.1. The highest BCUT2D eigenvalue weighted by molar-refractivity contribution is 9.10. The van der Waals surface area contributed by atoms with Gasteiger partial charge in [-0.1, -0.05) is 15.9 Å². The van der Waals surface area contributed by atoms with E-state index < -0.39 is 5.79 Å². The lowest BCUT2D eigenvalue weighted by molar-refractivity contribution is -0.281. The van der Waals surface area contributed by atoms with Gasteiger partial charge >= 0.3 is 6.03 Å². The van der Waals surface area contributed by atoms with Gasteiger partial charge < -0.3 is 19.7 Å². The van der Waals surface area contributed by atoms with Crippen molar-refractivity contribution in [3.8, 4) is 0 Å². The quantitative estimate of drug-likeness (QED) is 0.842. The number of piperidine rings is 1. The Morgan fingerprint density at radius 1 is 1.14 bits per heavy atom. The first-order valence-electron chi connectivity index (χ1n) is 7.26. The summed E-state index contributed by atoms with van der Waals surface area (Å²) in [5.41, 5.74) is 0.800. The van der Waals surface area contributed by atoms with E-state index in [1.54, 1.807) is 0 Å². The Hall–Kier alpha value is -1.11. The fourth-order valence-corrected chi connectivity index (χ4v) is 2.96. The molecule has 0 atom stereocenters. The zero-order valence-corrected chi connectivity index (χ0v) is 13.4. The molecule has 2 amide bonds. The van der Waals surface area contributed by atoms with Crippen LogP contribution in [0.2, 0.25) is 0 Å². The number of likely N-dealkylation sites (tertiary alicyclic amines) is 1. The molecule has 1 aromatic rings. The highest BCUT2D eigenvalue weighted by Crippen LogP contribution is 2.30. The van der Waals surface area contributed by atoms with Crippen LogP contribution in [0.4, 0.5) is 10.5 Å². The van der Waals surface area contributed by atoms with Crippen LogP contribution >= 0.6 is 15.9 Å². The fraction of sp³-hybridized carbons (Fsp3) is 0.533. The Kier molecular flexibility index (Phi) is 4.47. The maximum Gasteiger partial charge on any atom is 0.321 e. The van der Waals surface area contributed by atoms with Gasteiger partial charge in [0.2, 0.25) is 0 Å². The highest BCUT2D eigenvalue weighted by Gasteiger charge is 2.39. The zero-order valence-electron chi connectivity index (χ0n) is 11.8. The summed E-state index contributed by atoms with van der Waals surface area (Å²) in [6.07, 6.45) is 2.43. The van der Waals surface area contributed by atoms with Gasteiger partial charge in [-0.15, -0.1) is 0 Å². The van der Waals surface area contributed by atoms with Gasteiger partial charge in [-0.2, -0.15) is 0 Å². The van der Waals surface area contributed by atoms with Crippen LogP contribution in [0, 0.1) is 0 Å². The van der Waals surface area contributed by atoms with Gasteiger partial charge in [0.05, 0.1) is 13.2 Å². The number of benzene rings is 1. The summed E-state index contributed by atoms with van der Waals surface area (Å²) >= 11 is 3.38. The Balaban J connectivity index is 1.54. The molecule has 2 aliphatic rings. The van der Waals surface area contributed by atoms with Gasteiger partial charge in [0.1, 0.15) is 0 Å².